The smallest absolute Gasteiger partial charge is 0.237 e. The summed E-state index contributed by atoms with van der Waals surface area (Å²) in [6.07, 6.45) is 5.88. The Morgan fingerprint density at radius 3 is 2.41 bits per heavy atom. The highest BCUT2D eigenvalue weighted by Crippen LogP contribution is 2.52. The number of amides is 2. The van der Waals surface area contributed by atoms with E-state index < -0.39 is 12.2 Å². The molecule has 3 aliphatic carbocycles. The summed E-state index contributed by atoms with van der Waals surface area (Å²) in [7, 11) is 0. The van der Waals surface area contributed by atoms with E-state index in [1.54, 1.807) is 0 Å². The Kier molecular flexibility index (Phi) is 5.80. The maximum absolute atomic E-state index is 13.6. The van der Waals surface area contributed by atoms with E-state index in [0.717, 1.165) is 51.4 Å². The Labute approximate surface area is 171 Å². The first kappa shape index (κ1) is 20.5. The van der Waals surface area contributed by atoms with Gasteiger partial charge in [-0.25, -0.2) is 4.39 Å². The molecule has 160 valence electrons. The van der Waals surface area contributed by atoms with Gasteiger partial charge in [-0.1, -0.05) is 0 Å². The number of halogens is 1. The van der Waals surface area contributed by atoms with Gasteiger partial charge in [0.25, 0.3) is 0 Å². The predicted molar refractivity (Wildman–Crippen MR) is 103 cm³/mol. The van der Waals surface area contributed by atoms with Crippen molar-refractivity contribution in [2.24, 2.45) is 5.41 Å². The summed E-state index contributed by atoms with van der Waals surface area (Å²) in [5.41, 5.74) is -0.388. The maximum atomic E-state index is 13.6. The quantitative estimate of drug-likeness (QED) is 0.720. The van der Waals surface area contributed by atoms with E-state index in [9.17, 15) is 14.0 Å². The van der Waals surface area contributed by atoms with Crippen molar-refractivity contribution in [2.45, 2.75) is 81.6 Å². The van der Waals surface area contributed by atoms with E-state index in [4.69, 9.17) is 10.00 Å². The molecular weight excluding hydrogens is 375 g/mol. The van der Waals surface area contributed by atoms with Crippen molar-refractivity contribution in [3.63, 3.8) is 0 Å². The van der Waals surface area contributed by atoms with Crippen molar-refractivity contribution in [2.75, 3.05) is 26.3 Å². The zero-order valence-corrected chi connectivity index (χ0v) is 16.9. The number of carbonyl (C=O) groups is 2. The highest BCUT2D eigenvalue weighted by molar-refractivity contribution is 5.83. The number of nitrogens with one attached hydrogen (secondary N) is 2. The lowest BCUT2D eigenvalue weighted by atomic mass is 9.56. The highest BCUT2D eigenvalue weighted by atomic mass is 19.1. The van der Waals surface area contributed by atoms with Crippen LogP contribution in [0.5, 0.6) is 0 Å². The SMILES string of the molecule is N#C[C@@H]1C[C@H](F)CN1C(=O)CNC12CCC(C(=O)NC3CCOCC3)(CC1)CC2. The molecule has 0 aromatic carbocycles. The summed E-state index contributed by atoms with van der Waals surface area (Å²) in [5, 5.41) is 15.8. The van der Waals surface area contributed by atoms with Crippen LogP contribution in [-0.2, 0) is 14.3 Å². The average Bonchev–Trinajstić information content (AvgIpc) is 3.15. The van der Waals surface area contributed by atoms with Gasteiger partial charge < -0.3 is 20.3 Å². The number of fused-ring (bicyclic) bond motifs is 3. The van der Waals surface area contributed by atoms with Crippen LogP contribution in [0, 0.1) is 16.7 Å². The Morgan fingerprint density at radius 1 is 1.14 bits per heavy atom. The lowest BCUT2D eigenvalue weighted by molar-refractivity contribution is -0.140. The molecule has 3 saturated carbocycles. The number of alkyl halides is 1. The van der Waals surface area contributed by atoms with Crippen LogP contribution < -0.4 is 10.6 Å². The molecule has 5 fully saturated rings. The molecule has 2 bridgehead atoms. The van der Waals surface area contributed by atoms with Gasteiger partial charge in [0.15, 0.2) is 0 Å². The topological polar surface area (TPSA) is 94.5 Å². The largest absolute Gasteiger partial charge is 0.381 e. The normalized spacial score (nSPS) is 37.3. The van der Waals surface area contributed by atoms with Crippen molar-refractivity contribution < 1.29 is 18.7 Å². The van der Waals surface area contributed by atoms with Gasteiger partial charge >= 0.3 is 0 Å². The molecule has 8 heteroatoms. The first-order chi connectivity index (χ1) is 14.0. The Morgan fingerprint density at radius 2 is 1.79 bits per heavy atom. The number of likely N-dealkylation sites (tertiary alicyclic amines) is 1. The van der Waals surface area contributed by atoms with Crippen molar-refractivity contribution in [1.29, 1.82) is 5.26 Å². The minimum absolute atomic E-state index is 0.0151. The number of nitriles is 1. The van der Waals surface area contributed by atoms with Crippen LogP contribution in [-0.4, -0.2) is 66.8 Å². The second-order valence-corrected chi connectivity index (χ2v) is 9.30. The molecule has 2 heterocycles. The summed E-state index contributed by atoms with van der Waals surface area (Å²) >= 11 is 0. The summed E-state index contributed by atoms with van der Waals surface area (Å²) in [6.45, 7) is 1.57. The van der Waals surface area contributed by atoms with Gasteiger partial charge in [0.2, 0.25) is 11.8 Å². The molecule has 2 atom stereocenters. The third-order valence-corrected chi connectivity index (χ3v) is 7.62. The molecule has 2 aliphatic heterocycles. The van der Waals surface area contributed by atoms with Gasteiger partial charge in [-0.3, -0.25) is 9.59 Å². The second kappa shape index (κ2) is 8.19. The van der Waals surface area contributed by atoms with Crippen LogP contribution in [0.15, 0.2) is 0 Å². The molecule has 7 nitrogen and oxygen atoms in total. The first-order valence-electron chi connectivity index (χ1n) is 10.9. The lowest BCUT2D eigenvalue weighted by Crippen LogP contribution is -2.60. The van der Waals surface area contributed by atoms with Gasteiger partial charge in [-0.15, -0.1) is 0 Å². The molecule has 2 N–H and O–H groups in total. The van der Waals surface area contributed by atoms with Crippen molar-refractivity contribution in [3.05, 3.63) is 0 Å². The van der Waals surface area contributed by atoms with Gasteiger partial charge in [0.1, 0.15) is 12.2 Å². The Bertz CT molecular complexity index is 663. The molecule has 0 radical (unpaired) electrons. The standard InChI is InChI=1S/C21H31FN4O3/c22-15-11-17(12-23)26(14-15)18(27)13-24-21-6-3-20(4-7-21,5-8-21)19(28)25-16-1-9-29-10-2-16/h15-17,24H,1-11,13-14H2,(H,25,28)/t15-,17-,20?,21?/m0/s1. The molecule has 0 aromatic heterocycles. The Hall–Kier alpha value is -1.72. The van der Waals surface area contributed by atoms with Crippen molar-refractivity contribution >= 4 is 11.8 Å². The van der Waals surface area contributed by atoms with E-state index >= 15 is 0 Å². The summed E-state index contributed by atoms with van der Waals surface area (Å²) in [5.74, 6) is -0.0116. The number of hydrogen-bond acceptors (Lipinski definition) is 5. The number of ether oxygens (including phenoxy) is 1. The van der Waals surface area contributed by atoms with Gasteiger partial charge in [-0.05, 0) is 51.4 Å². The maximum Gasteiger partial charge on any atom is 0.237 e. The van der Waals surface area contributed by atoms with Crippen LogP contribution in [0.3, 0.4) is 0 Å². The molecule has 0 unspecified atom stereocenters. The fraction of sp³-hybridized carbons (Fsp3) is 0.857. The van der Waals surface area contributed by atoms with Crippen molar-refractivity contribution in [3.8, 4) is 6.07 Å². The van der Waals surface area contributed by atoms with Gasteiger partial charge in [0, 0.05) is 36.6 Å². The highest BCUT2D eigenvalue weighted by Gasteiger charge is 2.52. The van der Waals surface area contributed by atoms with Crippen LogP contribution in [0.4, 0.5) is 4.39 Å². The third-order valence-electron chi connectivity index (χ3n) is 7.62. The zero-order chi connectivity index (χ0) is 20.5. The van der Waals surface area contributed by atoms with E-state index in [-0.39, 0.29) is 48.3 Å². The van der Waals surface area contributed by atoms with E-state index in [1.807, 2.05) is 6.07 Å². The third kappa shape index (κ3) is 4.13. The molecule has 2 saturated heterocycles. The van der Waals surface area contributed by atoms with E-state index in [0.29, 0.717) is 13.2 Å². The number of rotatable bonds is 5. The van der Waals surface area contributed by atoms with Gasteiger partial charge in [-0.2, -0.15) is 5.26 Å². The summed E-state index contributed by atoms with van der Waals surface area (Å²) in [4.78, 5) is 26.9. The summed E-state index contributed by atoms with van der Waals surface area (Å²) in [6, 6.07) is 1.60. The number of nitrogens with zero attached hydrogens (tertiary/aromatic N) is 2. The molecule has 0 spiro atoms. The average molecular weight is 407 g/mol. The second-order valence-electron chi connectivity index (χ2n) is 9.30. The minimum Gasteiger partial charge on any atom is -0.381 e. The number of carbonyl (C=O) groups excluding carboxylic acids is 2. The minimum atomic E-state index is -1.11. The molecule has 2 amide bonds. The zero-order valence-electron chi connectivity index (χ0n) is 16.9. The molecule has 0 aromatic rings. The Balaban J connectivity index is 1.29. The molecule has 5 aliphatic rings. The number of hydrogen-bond donors (Lipinski definition) is 2. The summed E-state index contributed by atoms with van der Waals surface area (Å²) < 4.78 is 19.0. The van der Waals surface area contributed by atoms with Crippen LogP contribution in [0.2, 0.25) is 0 Å². The van der Waals surface area contributed by atoms with Crippen LogP contribution in [0.25, 0.3) is 0 Å². The van der Waals surface area contributed by atoms with Crippen molar-refractivity contribution in [1.82, 2.24) is 15.5 Å². The van der Waals surface area contributed by atoms with E-state index in [1.165, 1.54) is 4.90 Å². The van der Waals surface area contributed by atoms with Crippen LogP contribution >= 0.6 is 0 Å². The molecule has 5 rings (SSSR count). The monoisotopic (exact) mass is 406 g/mol. The lowest BCUT2D eigenvalue weighted by Gasteiger charge is -2.53. The van der Waals surface area contributed by atoms with E-state index in [2.05, 4.69) is 10.6 Å². The fourth-order valence-electron chi connectivity index (χ4n) is 5.52. The van der Waals surface area contributed by atoms with Crippen LogP contribution in [0.1, 0.15) is 57.8 Å². The van der Waals surface area contributed by atoms with Gasteiger partial charge in [0.05, 0.1) is 19.2 Å². The molecule has 29 heavy (non-hydrogen) atoms. The predicted octanol–water partition coefficient (Wildman–Crippen LogP) is 1.43. The first-order valence-corrected chi connectivity index (χ1v) is 10.9. The molecular formula is C21H31FN4O3. The fourth-order valence-corrected chi connectivity index (χ4v) is 5.52.